The van der Waals surface area contributed by atoms with Crippen molar-refractivity contribution in [2.24, 2.45) is 0 Å². The Morgan fingerprint density at radius 1 is 1.20 bits per heavy atom. The number of ether oxygens (including phenoxy) is 1. The van der Waals surface area contributed by atoms with Crippen LogP contribution >= 0.6 is 23.2 Å². The number of imidazole rings is 1. The summed E-state index contributed by atoms with van der Waals surface area (Å²) >= 11 is 11.8. The number of nitrogens with one attached hydrogen (secondary N) is 1. The molecule has 0 bridgehead atoms. The molecule has 3 aromatic rings. The molecule has 0 radical (unpaired) electrons. The maximum atomic E-state index is 11.9. The minimum absolute atomic E-state index is 0.0817. The Balaban J connectivity index is 1.50. The third kappa shape index (κ3) is 4.24. The first-order chi connectivity index (χ1) is 12.0. The summed E-state index contributed by atoms with van der Waals surface area (Å²) in [7, 11) is 0. The van der Waals surface area contributed by atoms with E-state index in [9.17, 15) is 4.79 Å². The Morgan fingerprint density at radius 3 is 2.80 bits per heavy atom. The third-order valence-corrected chi connectivity index (χ3v) is 4.50. The quantitative estimate of drug-likeness (QED) is 0.709. The lowest BCUT2D eigenvalue weighted by Crippen LogP contribution is -2.31. The van der Waals surface area contributed by atoms with E-state index >= 15 is 0 Å². The molecule has 0 spiro atoms. The Kier molecular flexibility index (Phi) is 5.46. The number of amides is 1. The predicted molar refractivity (Wildman–Crippen MR) is 99.4 cm³/mol. The molecule has 0 atom stereocenters. The molecule has 7 heteroatoms. The Bertz CT molecular complexity index is 908. The first-order valence-electron chi connectivity index (χ1n) is 7.81. The molecule has 5 nitrogen and oxygen atoms in total. The van der Waals surface area contributed by atoms with Gasteiger partial charge < -0.3 is 14.6 Å². The van der Waals surface area contributed by atoms with Gasteiger partial charge in [0, 0.05) is 19.2 Å². The molecular weight excluding hydrogens is 361 g/mol. The molecule has 1 aromatic heterocycles. The van der Waals surface area contributed by atoms with Gasteiger partial charge in [0.25, 0.3) is 5.91 Å². The smallest absolute Gasteiger partial charge is 0.258 e. The molecule has 2 aromatic carbocycles. The van der Waals surface area contributed by atoms with Crippen molar-refractivity contribution in [3.8, 4) is 5.75 Å². The highest BCUT2D eigenvalue weighted by molar-refractivity contribution is 6.42. The van der Waals surface area contributed by atoms with Crippen LogP contribution in [0.2, 0.25) is 10.0 Å². The van der Waals surface area contributed by atoms with Gasteiger partial charge in [-0.15, -0.1) is 0 Å². The second-order valence-corrected chi connectivity index (χ2v) is 6.33. The van der Waals surface area contributed by atoms with Gasteiger partial charge in [-0.3, -0.25) is 4.79 Å². The monoisotopic (exact) mass is 377 g/mol. The van der Waals surface area contributed by atoms with E-state index in [2.05, 4.69) is 14.9 Å². The lowest BCUT2D eigenvalue weighted by atomic mass is 10.3. The maximum absolute atomic E-state index is 11.9. The Hall–Kier alpha value is -2.24. The van der Waals surface area contributed by atoms with E-state index in [-0.39, 0.29) is 12.5 Å². The zero-order valence-electron chi connectivity index (χ0n) is 13.6. The van der Waals surface area contributed by atoms with Crippen LogP contribution in [-0.2, 0) is 11.3 Å². The van der Waals surface area contributed by atoms with Crippen molar-refractivity contribution in [3.63, 3.8) is 0 Å². The highest BCUT2D eigenvalue weighted by Gasteiger charge is 2.08. The van der Waals surface area contributed by atoms with E-state index in [0.717, 1.165) is 16.9 Å². The van der Waals surface area contributed by atoms with Crippen LogP contribution in [0.4, 0.5) is 0 Å². The van der Waals surface area contributed by atoms with Crippen LogP contribution < -0.4 is 10.1 Å². The van der Waals surface area contributed by atoms with Crippen molar-refractivity contribution in [2.75, 3.05) is 13.2 Å². The molecule has 0 aliphatic heterocycles. The minimum Gasteiger partial charge on any atom is -0.484 e. The summed E-state index contributed by atoms with van der Waals surface area (Å²) in [4.78, 5) is 16.4. The van der Waals surface area contributed by atoms with Gasteiger partial charge in [0.1, 0.15) is 11.6 Å². The van der Waals surface area contributed by atoms with Crippen molar-refractivity contribution in [1.29, 1.82) is 0 Å². The fourth-order valence-corrected chi connectivity index (χ4v) is 2.84. The second-order valence-electron chi connectivity index (χ2n) is 5.51. The molecule has 1 amide bonds. The van der Waals surface area contributed by atoms with Crippen LogP contribution in [0.5, 0.6) is 5.75 Å². The lowest BCUT2D eigenvalue weighted by Gasteiger charge is -2.10. The fourth-order valence-electron chi connectivity index (χ4n) is 2.55. The van der Waals surface area contributed by atoms with Gasteiger partial charge in [-0.2, -0.15) is 0 Å². The van der Waals surface area contributed by atoms with Crippen molar-refractivity contribution >= 4 is 40.1 Å². The first kappa shape index (κ1) is 17.6. The first-order valence-corrected chi connectivity index (χ1v) is 8.56. The van der Waals surface area contributed by atoms with Crippen molar-refractivity contribution in [1.82, 2.24) is 14.9 Å². The van der Waals surface area contributed by atoms with Gasteiger partial charge in [0.05, 0.1) is 21.1 Å². The molecule has 0 unspecified atom stereocenters. The van der Waals surface area contributed by atoms with Gasteiger partial charge in [0.2, 0.25) is 0 Å². The van der Waals surface area contributed by atoms with Gasteiger partial charge >= 0.3 is 0 Å². The number of para-hydroxylation sites is 2. The summed E-state index contributed by atoms with van der Waals surface area (Å²) in [5.41, 5.74) is 2.01. The topological polar surface area (TPSA) is 56.2 Å². The Labute approximate surface area is 155 Å². The standard InChI is InChI=1S/C18H17Cl2N3O2/c1-12-22-16-4-2-3-5-17(16)23(12)9-8-21-18(24)11-25-13-6-7-14(19)15(20)10-13/h2-7,10H,8-9,11H2,1H3,(H,21,24). The van der Waals surface area contributed by atoms with E-state index in [1.807, 2.05) is 31.2 Å². The maximum Gasteiger partial charge on any atom is 0.258 e. The highest BCUT2D eigenvalue weighted by Crippen LogP contribution is 2.26. The van der Waals surface area contributed by atoms with Gasteiger partial charge in [-0.25, -0.2) is 4.98 Å². The molecule has 0 fully saturated rings. The zero-order valence-corrected chi connectivity index (χ0v) is 15.1. The van der Waals surface area contributed by atoms with Gasteiger partial charge in [0.15, 0.2) is 6.61 Å². The molecular formula is C18H17Cl2N3O2. The molecule has 0 saturated heterocycles. The van der Waals surface area contributed by atoms with Gasteiger partial charge in [-0.05, 0) is 31.2 Å². The van der Waals surface area contributed by atoms with Crippen LogP contribution in [0, 0.1) is 6.92 Å². The van der Waals surface area contributed by atoms with E-state index < -0.39 is 0 Å². The number of fused-ring (bicyclic) bond motifs is 1. The summed E-state index contributed by atoms with van der Waals surface area (Å²) < 4.78 is 7.49. The van der Waals surface area contributed by atoms with Crippen LogP contribution in [0.1, 0.15) is 5.82 Å². The number of hydrogen-bond acceptors (Lipinski definition) is 3. The fraction of sp³-hybridized carbons (Fsp3) is 0.222. The molecule has 130 valence electrons. The number of carbonyl (C=O) groups is 1. The number of rotatable bonds is 6. The van der Waals surface area contributed by atoms with Crippen LogP contribution in [0.15, 0.2) is 42.5 Å². The number of carbonyl (C=O) groups excluding carboxylic acids is 1. The summed E-state index contributed by atoms with van der Waals surface area (Å²) in [6.07, 6.45) is 0. The molecule has 0 aliphatic carbocycles. The number of hydrogen-bond donors (Lipinski definition) is 1. The number of aromatic nitrogens is 2. The average molecular weight is 378 g/mol. The molecule has 1 N–H and O–H groups in total. The largest absolute Gasteiger partial charge is 0.484 e. The summed E-state index contributed by atoms with van der Waals surface area (Å²) in [6, 6.07) is 12.8. The van der Waals surface area contributed by atoms with Crippen molar-refractivity contribution in [2.45, 2.75) is 13.5 Å². The Morgan fingerprint density at radius 2 is 2.00 bits per heavy atom. The number of nitrogens with zero attached hydrogens (tertiary/aromatic N) is 2. The lowest BCUT2D eigenvalue weighted by molar-refractivity contribution is -0.123. The van der Waals surface area contributed by atoms with Crippen LogP contribution in [-0.4, -0.2) is 28.6 Å². The van der Waals surface area contributed by atoms with Crippen molar-refractivity contribution in [3.05, 3.63) is 58.3 Å². The SMILES string of the molecule is Cc1nc2ccccc2n1CCNC(=O)COc1ccc(Cl)c(Cl)c1. The molecule has 25 heavy (non-hydrogen) atoms. The van der Waals surface area contributed by atoms with E-state index in [4.69, 9.17) is 27.9 Å². The molecule has 1 heterocycles. The number of aryl methyl sites for hydroxylation is 1. The van der Waals surface area contributed by atoms with Crippen LogP contribution in [0.25, 0.3) is 11.0 Å². The second kappa shape index (κ2) is 7.76. The predicted octanol–water partition coefficient (Wildman–Crippen LogP) is 3.85. The minimum atomic E-state index is -0.201. The van der Waals surface area contributed by atoms with E-state index in [1.165, 1.54) is 0 Å². The summed E-state index contributed by atoms with van der Waals surface area (Å²) in [5.74, 6) is 1.22. The summed E-state index contributed by atoms with van der Waals surface area (Å²) in [6.45, 7) is 3.01. The number of benzene rings is 2. The molecule has 0 saturated carbocycles. The van der Waals surface area contributed by atoms with E-state index in [1.54, 1.807) is 18.2 Å². The van der Waals surface area contributed by atoms with E-state index in [0.29, 0.717) is 28.9 Å². The third-order valence-electron chi connectivity index (χ3n) is 3.76. The molecule has 0 aliphatic rings. The average Bonchev–Trinajstić information content (AvgIpc) is 2.92. The van der Waals surface area contributed by atoms with Crippen molar-refractivity contribution < 1.29 is 9.53 Å². The highest BCUT2D eigenvalue weighted by atomic mass is 35.5. The summed E-state index contributed by atoms with van der Waals surface area (Å²) in [5, 5.41) is 3.67. The molecule has 3 rings (SSSR count). The van der Waals surface area contributed by atoms with Gasteiger partial charge in [-0.1, -0.05) is 35.3 Å². The number of halogens is 2. The normalized spacial score (nSPS) is 10.8. The zero-order chi connectivity index (χ0) is 17.8. The van der Waals surface area contributed by atoms with Crippen LogP contribution in [0.3, 0.4) is 0 Å².